The maximum atomic E-state index is 12.6. The Labute approximate surface area is 147 Å². The fourth-order valence-electron chi connectivity index (χ4n) is 3.04. The van der Waals surface area contributed by atoms with Crippen LogP contribution in [0.15, 0.2) is 42.6 Å². The SMILES string of the molecule is CC(C)[C@@H]1C(=O)NCCN1C(=O)Nc1ccn(Cc2ccccc2)n1. The van der Waals surface area contributed by atoms with Gasteiger partial charge < -0.3 is 10.2 Å². The Hall–Kier alpha value is -2.83. The minimum Gasteiger partial charge on any atom is -0.353 e. The number of piperazine rings is 1. The number of anilines is 1. The van der Waals surface area contributed by atoms with Gasteiger partial charge in [-0.1, -0.05) is 44.2 Å². The Kier molecular flexibility index (Phi) is 5.02. The topological polar surface area (TPSA) is 79.3 Å². The third-order valence-corrected chi connectivity index (χ3v) is 4.21. The van der Waals surface area contributed by atoms with Gasteiger partial charge in [0.05, 0.1) is 6.54 Å². The minimum atomic E-state index is -0.458. The first-order valence-electron chi connectivity index (χ1n) is 8.47. The number of nitrogens with zero attached hydrogens (tertiary/aromatic N) is 3. The molecule has 0 saturated carbocycles. The molecule has 1 atom stereocenters. The van der Waals surface area contributed by atoms with Crippen LogP contribution in [0.1, 0.15) is 19.4 Å². The van der Waals surface area contributed by atoms with Crippen molar-refractivity contribution >= 4 is 17.8 Å². The van der Waals surface area contributed by atoms with Crippen LogP contribution in [0.4, 0.5) is 10.6 Å². The molecule has 7 nitrogen and oxygen atoms in total. The van der Waals surface area contributed by atoms with E-state index in [-0.39, 0.29) is 17.9 Å². The first kappa shape index (κ1) is 17.0. The number of amides is 3. The van der Waals surface area contributed by atoms with Crippen LogP contribution in [-0.4, -0.2) is 45.8 Å². The predicted octanol–water partition coefficient (Wildman–Crippen LogP) is 1.92. The summed E-state index contributed by atoms with van der Waals surface area (Å²) in [4.78, 5) is 26.2. The fourth-order valence-corrected chi connectivity index (χ4v) is 3.04. The van der Waals surface area contributed by atoms with E-state index in [0.717, 1.165) is 5.56 Å². The summed E-state index contributed by atoms with van der Waals surface area (Å²) in [6, 6.07) is 11.0. The van der Waals surface area contributed by atoms with E-state index >= 15 is 0 Å². The second-order valence-corrected chi connectivity index (χ2v) is 6.49. The molecule has 0 radical (unpaired) electrons. The molecule has 3 rings (SSSR count). The average molecular weight is 341 g/mol. The Bertz CT molecular complexity index is 741. The van der Waals surface area contributed by atoms with Gasteiger partial charge in [0.15, 0.2) is 5.82 Å². The minimum absolute atomic E-state index is 0.0432. The maximum Gasteiger partial charge on any atom is 0.323 e. The molecule has 0 aliphatic carbocycles. The van der Waals surface area contributed by atoms with Gasteiger partial charge in [0.25, 0.3) is 0 Å². The number of carbonyl (C=O) groups is 2. The lowest BCUT2D eigenvalue weighted by atomic mass is 10.00. The van der Waals surface area contributed by atoms with E-state index in [1.165, 1.54) is 0 Å². The third kappa shape index (κ3) is 3.99. The van der Waals surface area contributed by atoms with Gasteiger partial charge >= 0.3 is 6.03 Å². The molecular formula is C18H23N5O2. The number of aromatic nitrogens is 2. The molecule has 3 amide bonds. The molecule has 1 saturated heterocycles. The Morgan fingerprint density at radius 1 is 1.32 bits per heavy atom. The van der Waals surface area contributed by atoms with E-state index in [2.05, 4.69) is 15.7 Å². The summed E-state index contributed by atoms with van der Waals surface area (Å²) in [5.41, 5.74) is 1.14. The number of hydrogen-bond donors (Lipinski definition) is 2. The first-order chi connectivity index (χ1) is 12.0. The highest BCUT2D eigenvalue weighted by atomic mass is 16.2. The standard InChI is InChI=1S/C18H23N5O2/c1-13(2)16-17(24)19-9-11-23(16)18(25)20-15-8-10-22(21-15)12-14-6-4-3-5-7-14/h3-8,10,13,16H,9,11-12H2,1-2H3,(H,19,24)(H,20,21,25)/t16-/m1/s1. The zero-order chi connectivity index (χ0) is 17.8. The highest BCUT2D eigenvalue weighted by Crippen LogP contribution is 2.16. The lowest BCUT2D eigenvalue weighted by Crippen LogP contribution is -2.60. The molecular weight excluding hydrogens is 318 g/mol. The Balaban J connectivity index is 1.65. The van der Waals surface area contributed by atoms with E-state index in [0.29, 0.717) is 25.5 Å². The number of benzene rings is 1. The highest BCUT2D eigenvalue weighted by Gasteiger charge is 2.35. The van der Waals surface area contributed by atoms with Gasteiger partial charge in [-0.05, 0) is 11.5 Å². The molecule has 2 heterocycles. The van der Waals surface area contributed by atoms with Crippen molar-refractivity contribution in [1.29, 1.82) is 0 Å². The Morgan fingerprint density at radius 3 is 2.80 bits per heavy atom. The van der Waals surface area contributed by atoms with Crippen LogP contribution in [-0.2, 0) is 11.3 Å². The Morgan fingerprint density at radius 2 is 2.08 bits per heavy atom. The summed E-state index contributed by atoms with van der Waals surface area (Å²) in [5, 5.41) is 10.00. The molecule has 7 heteroatoms. The quantitative estimate of drug-likeness (QED) is 0.892. The number of urea groups is 1. The van der Waals surface area contributed by atoms with E-state index < -0.39 is 6.04 Å². The summed E-state index contributed by atoms with van der Waals surface area (Å²) in [6.07, 6.45) is 1.82. The molecule has 1 aliphatic heterocycles. The monoisotopic (exact) mass is 341 g/mol. The van der Waals surface area contributed by atoms with Crippen LogP contribution < -0.4 is 10.6 Å². The molecule has 2 aromatic rings. The lowest BCUT2D eigenvalue weighted by Gasteiger charge is -2.36. The van der Waals surface area contributed by atoms with Gasteiger partial charge in [-0.3, -0.25) is 14.8 Å². The number of carbonyl (C=O) groups excluding carboxylic acids is 2. The van der Waals surface area contributed by atoms with Crippen molar-refractivity contribution in [1.82, 2.24) is 20.0 Å². The largest absolute Gasteiger partial charge is 0.353 e. The first-order valence-corrected chi connectivity index (χ1v) is 8.47. The van der Waals surface area contributed by atoms with Gasteiger partial charge in [-0.2, -0.15) is 5.10 Å². The summed E-state index contributed by atoms with van der Waals surface area (Å²) in [6.45, 7) is 5.47. The molecule has 1 aliphatic rings. The van der Waals surface area contributed by atoms with Crippen LogP contribution in [0.25, 0.3) is 0 Å². The summed E-state index contributed by atoms with van der Waals surface area (Å²) >= 11 is 0. The van der Waals surface area contributed by atoms with Gasteiger partial charge in [0.1, 0.15) is 6.04 Å². The molecule has 0 unspecified atom stereocenters. The highest BCUT2D eigenvalue weighted by molar-refractivity contribution is 5.94. The lowest BCUT2D eigenvalue weighted by molar-refractivity contribution is -0.129. The summed E-state index contributed by atoms with van der Waals surface area (Å²) in [5.74, 6) is 0.419. The van der Waals surface area contributed by atoms with E-state index in [1.54, 1.807) is 15.6 Å². The second kappa shape index (κ2) is 7.38. The van der Waals surface area contributed by atoms with Gasteiger partial charge in [-0.15, -0.1) is 0 Å². The van der Waals surface area contributed by atoms with Crippen molar-refractivity contribution in [2.24, 2.45) is 5.92 Å². The van der Waals surface area contributed by atoms with E-state index in [9.17, 15) is 9.59 Å². The van der Waals surface area contributed by atoms with E-state index in [4.69, 9.17) is 0 Å². The van der Waals surface area contributed by atoms with Crippen molar-refractivity contribution in [2.75, 3.05) is 18.4 Å². The van der Waals surface area contributed by atoms with Gasteiger partial charge in [0.2, 0.25) is 5.91 Å². The normalized spacial score (nSPS) is 17.5. The van der Waals surface area contributed by atoms with Crippen LogP contribution in [0, 0.1) is 5.92 Å². The number of hydrogen-bond acceptors (Lipinski definition) is 3. The molecule has 1 aromatic heterocycles. The summed E-state index contributed by atoms with van der Waals surface area (Å²) < 4.78 is 1.77. The van der Waals surface area contributed by atoms with Crippen LogP contribution in [0.3, 0.4) is 0 Å². The average Bonchev–Trinajstić information content (AvgIpc) is 3.02. The second-order valence-electron chi connectivity index (χ2n) is 6.49. The molecule has 1 aromatic carbocycles. The predicted molar refractivity (Wildman–Crippen MR) is 95.1 cm³/mol. The van der Waals surface area contributed by atoms with Gasteiger partial charge in [-0.25, -0.2) is 4.79 Å². The molecule has 1 fully saturated rings. The molecule has 132 valence electrons. The van der Waals surface area contributed by atoms with Crippen LogP contribution in [0.5, 0.6) is 0 Å². The van der Waals surface area contributed by atoms with E-state index in [1.807, 2.05) is 50.4 Å². The third-order valence-electron chi connectivity index (χ3n) is 4.21. The molecule has 0 bridgehead atoms. The molecule has 25 heavy (non-hydrogen) atoms. The van der Waals surface area contributed by atoms with Crippen molar-refractivity contribution in [3.05, 3.63) is 48.2 Å². The van der Waals surface area contributed by atoms with Crippen molar-refractivity contribution in [3.63, 3.8) is 0 Å². The number of nitrogens with one attached hydrogen (secondary N) is 2. The van der Waals surface area contributed by atoms with Crippen LogP contribution in [0.2, 0.25) is 0 Å². The zero-order valence-corrected chi connectivity index (χ0v) is 14.5. The van der Waals surface area contributed by atoms with Crippen LogP contribution >= 0.6 is 0 Å². The van der Waals surface area contributed by atoms with Crippen molar-refractivity contribution in [3.8, 4) is 0 Å². The number of rotatable bonds is 4. The van der Waals surface area contributed by atoms with Crippen molar-refractivity contribution < 1.29 is 9.59 Å². The van der Waals surface area contributed by atoms with Gasteiger partial charge in [0, 0.05) is 25.4 Å². The zero-order valence-electron chi connectivity index (χ0n) is 14.5. The summed E-state index contributed by atoms with van der Waals surface area (Å²) in [7, 11) is 0. The van der Waals surface area contributed by atoms with Crippen molar-refractivity contribution in [2.45, 2.75) is 26.4 Å². The fraction of sp³-hybridized carbons (Fsp3) is 0.389. The smallest absolute Gasteiger partial charge is 0.323 e. The maximum absolute atomic E-state index is 12.6. The molecule has 0 spiro atoms. The molecule has 2 N–H and O–H groups in total.